The fraction of sp³-hybridized carbons (Fsp3) is 1.00. The molecule has 2 fully saturated rings. The van der Waals surface area contributed by atoms with Crippen LogP contribution in [0.2, 0.25) is 0 Å². The Balaban J connectivity index is 1.85. The minimum Gasteiger partial charge on any atom is -0.299 e. The van der Waals surface area contributed by atoms with Gasteiger partial charge in [-0.05, 0) is 6.42 Å². The van der Waals surface area contributed by atoms with E-state index in [-0.39, 0.29) is 0 Å². The first-order valence-electron chi connectivity index (χ1n) is 3.76. The molecule has 0 spiro atoms. The van der Waals surface area contributed by atoms with E-state index in [0.717, 1.165) is 26.1 Å². The predicted octanol–water partition coefficient (Wildman–Crippen LogP) is -1.19. The van der Waals surface area contributed by atoms with Crippen molar-refractivity contribution in [3.63, 3.8) is 0 Å². The molecular formula is C6H12N3O. The van der Waals surface area contributed by atoms with Crippen molar-refractivity contribution in [2.45, 2.75) is 18.6 Å². The lowest BCUT2D eigenvalue weighted by Crippen LogP contribution is -2.44. The first-order valence-corrected chi connectivity index (χ1v) is 3.76. The minimum atomic E-state index is 0.336. The van der Waals surface area contributed by atoms with E-state index in [0.29, 0.717) is 12.2 Å². The molecule has 4 nitrogen and oxygen atoms in total. The van der Waals surface area contributed by atoms with Gasteiger partial charge < -0.3 is 0 Å². The molecule has 2 aliphatic heterocycles. The summed E-state index contributed by atoms with van der Waals surface area (Å²) >= 11 is 0. The lowest BCUT2D eigenvalue weighted by molar-refractivity contribution is 0.0723. The van der Waals surface area contributed by atoms with Gasteiger partial charge in [0.15, 0.2) is 0 Å². The normalized spacial score (nSPS) is 35.4. The van der Waals surface area contributed by atoms with Gasteiger partial charge in [0.2, 0.25) is 0 Å². The third-order valence-electron chi connectivity index (χ3n) is 1.95. The van der Waals surface area contributed by atoms with Crippen LogP contribution in [0.4, 0.5) is 0 Å². The first-order chi connectivity index (χ1) is 4.97. The Labute approximate surface area is 60.3 Å². The van der Waals surface area contributed by atoms with Crippen LogP contribution in [0.25, 0.3) is 0 Å². The minimum absolute atomic E-state index is 0.336. The Bertz CT molecular complexity index is 93.6. The molecule has 0 aromatic heterocycles. The van der Waals surface area contributed by atoms with Crippen LogP contribution in [-0.4, -0.2) is 31.9 Å². The standard InChI is InChI=1S/C6H12N3O/c1-4-10-9-5(1)6-7-2-3-8-6/h5-8H,1-4H2. The van der Waals surface area contributed by atoms with E-state index in [1.165, 1.54) is 0 Å². The molecule has 0 saturated carbocycles. The van der Waals surface area contributed by atoms with Crippen LogP contribution >= 0.6 is 0 Å². The van der Waals surface area contributed by atoms with Crippen LogP contribution in [0.3, 0.4) is 0 Å². The largest absolute Gasteiger partial charge is 0.299 e. The first kappa shape index (κ1) is 6.54. The molecule has 10 heavy (non-hydrogen) atoms. The van der Waals surface area contributed by atoms with Crippen molar-refractivity contribution in [1.29, 1.82) is 0 Å². The second-order valence-electron chi connectivity index (χ2n) is 2.68. The number of hydrogen-bond acceptors (Lipinski definition) is 3. The molecule has 1 unspecified atom stereocenters. The average molecular weight is 142 g/mol. The molecule has 1 atom stereocenters. The average Bonchev–Trinajstić information content (AvgIpc) is 2.59. The van der Waals surface area contributed by atoms with Crippen molar-refractivity contribution in [1.82, 2.24) is 16.1 Å². The van der Waals surface area contributed by atoms with Crippen LogP contribution < -0.4 is 16.1 Å². The van der Waals surface area contributed by atoms with Gasteiger partial charge in [-0.15, -0.1) is 0 Å². The maximum absolute atomic E-state index is 4.91. The van der Waals surface area contributed by atoms with Crippen molar-refractivity contribution < 1.29 is 4.84 Å². The van der Waals surface area contributed by atoms with E-state index in [1.807, 2.05) is 0 Å². The van der Waals surface area contributed by atoms with Crippen LogP contribution in [0.15, 0.2) is 0 Å². The van der Waals surface area contributed by atoms with Gasteiger partial charge in [-0.3, -0.25) is 15.5 Å². The van der Waals surface area contributed by atoms with Gasteiger partial charge in [0.1, 0.15) is 0 Å². The van der Waals surface area contributed by atoms with Crippen molar-refractivity contribution in [2.24, 2.45) is 0 Å². The second kappa shape index (κ2) is 2.84. The zero-order chi connectivity index (χ0) is 6.81. The maximum atomic E-state index is 4.91. The second-order valence-corrected chi connectivity index (χ2v) is 2.68. The summed E-state index contributed by atoms with van der Waals surface area (Å²) in [6, 6.07) is 0.336. The molecule has 0 amide bonds. The zero-order valence-corrected chi connectivity index (χ0v) is 5.84. The van der Waals surface area contributed by atoms with Gasteiger partial charge in [0.25, 0.3) is 0 Å². The molecule has 2 N–H and O–H groups in total. The number of nitrogens with zero attached hydrogens (tertiary/aromatic N) is 1. The molecule has 1 radical (unpaired) electrons. The van der Waals surface area contributed by atoms with Crippen LogP contribution in [-0.2, 0) is 4.84 Å². The highest BCUT2D eigenvalue weighted by Crippen LogP contribution is 2.07. The molecule has 2 rings (SSSR count). The molecule has 0 bridgehead atoms. The number of rotatable bonds is 1. The van der Waals surface area contributed by atoms with Gasteiger partial charge in [0.05, 0.1) is 18.8 Å². The summed E-state index contributed by atoms with van der Waals surface area (Å²) in [7, 11) is 0. The van der Waals surface area contributed by atoms with Gasteiger partial charge in [-0.25, -0.2) is 0 Å². The fourth-order valence-electron chi connectivity index (χ4n) is 1.40. The number of nitrogens with one attached hydrogen (secondary N) is 2. The summed E-state index contributed by atoms with van der Waals surface area (Å²) in [6.07, 6.45) is 1.41. The Kier molecular flexibility index (Phi) is 1.86. The highest BCUT2D eigenvalue weighted by molar-refractivity contribution is 4.84. The molecule has 2 heterocycles. The lowest BCUT2D eigenvalue weighted by atomic mass is 10.2. The molecule has 2 saturated heterocycles. The Morgan fingerprint density at radius 3 is 2.70 bits per heavy atom. The molecule has 0 aromatic rings. The van der Waals surface area contributed by atoms with Crippen molar-refractivity contribution in [2.75, 3.05) is 19.7 Å². The highest BCUT2D eigenvalue weighted by atomic mass is 16.7. The summed E-state index contributed by atoms with van der Waals surface area (Å²) in [5.74, 6) is 0. The fourth-order valence-corrected chi connectivity index (χ4v) is 1.40. The molecule has 4 heteroatoms. The van der Waals surface area contributed by atoms with Gasteiger partial charge in [-0.2, -0.15) is 0 Å². The Morgan fingerprint density at radius 1 is 1.30 bits per heavy atom. The third-order valence-corrected chi connectivity index (χ3v) is 1.95. The van der Waals surface area contributed by atoms with E-state index < -0.39 is 0 Å². The predicted molar refractivity (Wildman–Crippen MR) is 36.3 cm³/mol. The molecule has 0 aliphatic carbocycles. The van der Waals surface area contributed by atoms with E-state index >= 15 is 0 Å². The zero-order valence-electron chi connectivity index (χ0n) is 5.84. The smallest absolute Gasteiger partial charge is 0.0845 e. The van der Waals surface area contributed by atoms with Crippen molar-refractivity contribution in [3.05, 3.63) is 0 Å². The van der Waals surface area contributed by atoms with Gasteiger partial charge in [0, 0.05) is 13.1 Å². The number of hydroxylamine groups is 1. The van der Waals surface area contributed by atoms with E-state index in [2.05, 4.69) is 16.1 Å². The third kappa shape index (κ3) is 1.15. The SMILES string of the molecule is C1CNC(C2CCO[N]2)N1. The summed E-state index contributed by atoms with van der Waals surface area (Å²) in [5, 5.41) is 6.63. The Hall–Kier alpha value is -0.160. The summed E-state index contributed by atoms with van der Waals surface area (Å²) in [4.78, 5) is 4.91. The van der Waals surface area contributed by atoms with Gasteiger partial charge in [-0.1, -0.05) is 5.48 Å². The molecular weight excluding hydrogens is 130 g/mol. The van der Waals surface area contributed by atoms with Crippen LogP contribution in [0.5, 0.6) is 0 Å². The molecule has 2 aliphatic rings. The Morgan fingerprint density at radius 2 is 2.10 bits per heavy atom. The maximum Gasteiger partial charge on any atom is 0.0845 e. The molecule has 0 aromatic carbocycles. The lowest BCUT2D eigenvalue weighted by Gasteiger charge is -2.14. The topological polar surface area (TPSA) is 47.4 Å². The monoisotopic (exact) mass is 142 g/mol. The summed E-state index contributed by atoms with van der Waals surface area (Å²) in [6.45, 7) is 2.89. The summed E-state index contributed by atoms with van der Waals surface area (Å²) in [5.41, 5.74) is 3.99. The number of hydrogen-bond donors (Lipinski definition) is 2. The van der Waals surface area contributed by atoms with Crippen LogP contribution in [0.1, 0.15) is 6.42 Å². The van der Waals surface area contributed by atoms with E-state index in [4.69, 9.17) is 4.84 Å². The van der Waals surface area contributed by atoms with Gasteiger partial charge >= 0.3 is 0 Å². The highest BCUT2D eigenvalue weighted by Gasteiger charge is 2.28. The van der Waals surface area contributed by atoms with E-state index in [1.54, 1.807) is 0 Å². The molecule has 57 valence electrons. The summed E-state index contributed by atoms with van der Waals surface area (Å²) < 4.78 is 0. The van der Waals surface area contributed by atoms with Crippen molar-refractivity contribution >= 4 is 0 Å². The van der Waals surface area contributed by atoms with Crippen LogP contribution in [0, 0.1) is 0 Å². The quantitative estimate of drug-likeness (QED) is 0.484. The van der Waals surface area contributed by atoms with E-state index in [9.17, 15) is 0 Å². The van der Waals surface area contributed by atoms with Crippen molar-refractivity contribution in [3.8, 4) is 0 Å².